The van der Waals surface area contributed by atoms with Gasteiger partial charge >= 0.3 is 0 Å². The van der Waals surface area contributed by atoms with Gasteiger partial charge in [0.25, 0.3) is 0 Å². The first-order valence-corrected chi connectivity index (χ1v) is 4.45. The highest BCUT2D eigenvalue weighted by Crippen LogP contribution is 1.98. The van der Waals surface area contributed by atoms with Crippen LogP contribution >= 0.6 is 0 Å². The minimum atomic E-state index is 0.174. The Balaban J connectivity index is 3.28. The van der Waals surface area contributed by atoms with Crippen LogP contribution in [-0.2, 0) is 0 Å². The minimum absolute atomic E-state index is 0.174. The first-order chi connectivity index (χ1) is 4.95. The molecule has 2 nitrogen and oxygen atoms in total. The van der Waals surface area contributed by atoms with Crippen molar-refractivity contribution < 1.29 is 0 Å². The molecule has 0 radical (unpaired) electrons. The third-order valence-corrected chi connectivity index (χ3v) is 1.61. The van der Waals surface area contributed by atoms with E-state index in [-0.39, 0.29) is 5.54 Å². The predicted molar refractivity (Wildman–Crippen MR) is 50.3 cm³/mol. The summed E-state index contributed by atoms with van der Waals surface area (Å²) in [6.07, 6.45) is 1.23. The molecule has 0 aromatic heterocycles. The van der Waals surface area contributed by atoms with Gasteiger partial charge in [0.1, 0.15) is 0 Å². The van der Waals surface area contributed by atoms with E-state index in [1.54, 1.807) is 0 Å². The van der Waals surface area contributed by atoms with Crippen LogP contribution in [0.25, 0.3) is 0 Å². The molecule has 68 valence electrons. The molecule has 0 aliphatic carbocycles. The Morgan fingerprint density at radius 2 is 1.82 bits per heavy atom. The molecule has 0 bridgehead atoms. The highest BCUT2D eigenvalue weighted by molar-refractivity contribution is 4.67. The summed E-state index contributed by atoms with van der Waals surface area (Å²) >= 11 is 0. The van der Waals surface area contributed by atoms with Gasteiger partial charge in [0.05, 0.1) is 0 Å². The van der Waals surface area contributed by atoms with Gasteiger partial charge in [-0.3, -0.25) is 10.9 Å². The molecule has 11 heavy (non-hydrogen) atoms. The van der Waals surface area contributed by atoms with Crippen LogP contribution in [0.15, 0.2) is 0 Å². The Bertz CT molecular complexity index is 94.2. The molecule has 2 N–H and O–H groups in total. The SMILES string of the molecule is CCC(C)CNNC(C)(C)C. The molecule has 0 saturated carbocycles. The van der Waals surface area contributed by atoms with Gasteiger partial charge in [-0.05, 0) is 26.7 Å². The van der Waals surface area contributed by atoms with Gasteiger partial charge < -0.3 is 0 Å². The normalized spacial score (nSPS) is 15.0. The molecule has 0 aliphatic heterocycles. The monoisotopic (exact) mass is 158 g/mol. The number of rotatable bonds is 4. The molecule has 1 unspecified atom stereocenters. The first kappa shape index (κ1) is 10.9. The van der Waals surface area contributed by atoms with E-state index in [0.29, 0.717) is 0 Å². The highest BCUT2D eigenvalue weighted by atomic mass is 15.4. The van der Waals surface area contributed by atoms with Crippen molar-refractivity contribution in [2.24, 2.45) is 5.92 Å². The maximum absolute atomic E-state index is 3.24. The summed E-state index contributed by atoms with van der Waals surface area (Å²) in [5.74, 6) is 0.754. The van der Waals surface area contributed by atoms with Crippen molar-refractivity contribution >= 4 is 0 Å². The van der Waals surface area contributed by atoms with Crippen molar-refractivity contribution in [1.82, 2.24) is 10.9 Å². The van der Waals surface area contributed by atoms with Gasteiger partial charge in [0, 0.05) is 12.1 Å². The van der Waals surface area contributed by atoms with E-state index in [2.05, 4.69) is 45.5 Å². The van der Waals surface area contributed by atoms with Gasteiger partial charge in [0.15, 0.2) is 0 Å². The van der Waals surface area contributed by atoms with Crippen LogP contribution in [0.1, 0.15) is 41.0 Å². The second kappa shape index (κ2) is 4.73. The van der Waals surface area contributed by atoms with Gasteiger partial charge in [-0.2, -0.15) is 0 Å². The molecular weight excluding hydrogens is 136 g/mol. The molecule has 0 saturated heterocycles. The van der Waals surface area contributed by atoms with Gasteiger partial charge in [-0.25, -0.2) is 0 Å². The van der Waals surface area contributed by atoms with E-state index in [4.69, 9.17) is 0 Å². The van der Waals surface area contributed by atoms with Crippen molar-refractivity contribution in [3.05, 3.63) is 0 Å². The summed E-state index contributed by atoms with van der Waals surface area (Å²) in [6.45, 7) is 12.0. The molecule has 0 amide bonds. The summed E-state index contributed by atoms with van der Waals surface area (Å²) in [4.78, 5) is 0. The topological polar surface area (TPSA) is 24.1 Å². The van der Waals surface area contributed by atoms with Crippen LogP contribution in [-0.4, -0.2) is 12.1 Å². The number of nitrogens with one attached hydrogen (secondary N) is 2. The van der Waals surface area contributed by atoms with Gasteiger partial charge in [-0.15, -0.1) is 0 Å². The Labute approximate surface area is 70.7 Å². The van der Waals surface area contributed by atoms with Crippen molar-refractivity contribution in [2.75, 3.05) is 6.54 Å². The third-order valence-electron chi connectivity index (χ3n) is 1.61. The number of hydrogen-bond acceptors (Lipinski definition) is 2. The second-order valence-corrected chi connectivity index (χ2v) is 4.27. The highest BCUT2D eigenvalue weighted by Gasteiger charge is 2.07. The summed E-state index contributed by atoms with van der Waals surface area (Å²) in [5.41, 5.74) is 6.64. The quantitative estimate of drug-likeness (QED) is 0.611. The summed E-state index contributed by atoms with van der Waals surface area (Å²) in [7, 11) is 0. The molecule has 0 fully saturated rings. The molecule has 0 aliphatic rings. The van der Waals surface area contributed by atoms with Crippen LogP contribution in [0.5, 0.6) is 0 Å². The fourth-order valence-electron chi connectivity index (χ4n) is 0.635. The standard InChI is InChI=1S/C9H22N2/c1-6-8(2)7-10-11-9(3,4)5/h8,10-11H,6-7H2,1-5H3. The average Bonchev–Trinajstić information content (AvgIpc) is 1.85. The lowest BCUT2D eigenvalue weighted by molar-refractivity contribution is 0.333. The van der Waals surface area contributed by atoms with Crippen molar-refractivity contribution in [1.29, 1.82) is 0 Å². The zero-order valence-corrected chi connectivity index (χ0v) is 8.49. The Morgan fingerprint density at radius 3 is 2.18 bits per heavy atom. The van der Waals surface area contributed by atoms with Crippen molar-refractivity contribution in [2.45, 2.75) is 46.6 Å². The van der Waals surface area contributed by atoms with Crippen molar-refractivity contribution in [3.8, 4) is 0 Å². The lowest BCUT2D eigenvalue weighted by Gasteiger charge is -2.22. The zero-order chi connectivity index (χ0) is 8.91. The Morgan fingerprint density at radius 1 is 1.27 bits per heavy atom. The number of hydrogen-bond donors (Lipinski definition) is 2. The van der Waals surface area contributed by atoms with Crippen LogP contribution in [0.3, 0.4) is 0 Å². The fraction of sp³-hybridized carbons (Fsp3) is 1.00. The van der Waals surface area contributed by atoms with Crippen LogP contribution in [0.4, 0.5) is 0 Å². The smallest absolute Gasteiger partial charge is 0.0239 e. The summed E-state index contributed by atoms with van der Waals surface area (Å²) in [5, 5.41) is 0. The molecular formula is C9H22N2. The van der Waals surface area contributed by atoms with E-state index in [1.807, 2.05) is 0 Å². The largest absolute Gasteiger partial charge is 0.257 e. The van der Waals surface area contributed by atoms with E-state index >= 15 is 0 Å². The maximum Gasteiger partial charge on any atom is 0.0239 e. The summed E-state index contributed by atoms with van der Waals surface area (Å²) < 4.78 is 0. The van der Waals surface area contributed by atoms with Crippen molar-refractivity contribution in [3.63, 3.8) is 0 Å². The van der Waals surface area contributed by atoms with Gasteiger partial charge in [-0.1, -0.05) is 20.3 Å². The third kappa shape index (κ3) is 7.82. The van der Waals surface area contributed by atoms with E-state index < -0.39 is 0 Å². The summed E-state index contributed by atoms with van der Waals surface area (Å²) in [6, 6.07) is 0. The minimum Gasteiger partial charge on any atom is -0.257 e. The average molecular weight is 158 g/mol. The van der Waals surface area contributed by atoms with Crippen LogP contribution in [0.2, 0.25) is 0 Å². The molecule has 0 heterocycles. The molecule has 2 heteroatoms. The molecule has 1 atom stereocenters. The Hall–Kier alpha value is -0.0800. The molecule has 0 aromatic carbocycles. The fourth-order valence-corrected chi connectivity index (χ4v) is 0.635. The first-order valence-electron chi connectivity index (χ1n) is 4.45. The van der Waals surface area contributed by atoms with Crippen LogP contribution in [0, 0.1) is 5.92 Å². The van der Waals surface area contributed by atoms with E-state index in [0.717, 1.165) is 12.5 Å². The number of hydrazine groups is 1. The van der Waals surface area contributed by atoms with Gasteiger partial charge in [0.2, 0.25) is 0 Å². The maximum atomic E-state index is 3.24. The Kier molecular flexibility index (Phi) is 4.69. The lowest BCUT2D eigenvalue weighted by Crippen LogP contribution is -2.47. The molecule has 0 spiro atoms. The second-order valence-electron chi connectivity index (χ2n) is 4.27. The molecule has 0 aromatic rings. The predicted octanol–water partition coefficient (Wildman–Crippen LogP) is 1.93. The van der Waals surface area contributed by atoms with E-state index in [1.165, 1.54) is 6.42 Å². The zero-order valence-electron chi connectivity index (χ0n) is 8.49. The molecule has 0 rings (SSSR count). The van der Waals surface area contributed by atoms with E-state index in [9.17, 15) is 0 Å². The van der Waals surface area contributed by atoms with Crippen LogP contribution < -0.4 is 10.9 Å². The lowest BCUT2D eigenvalue weighted by atomic mass is 10.1.